The van der Waals surface area contributed by atoms with E-state index in [9.17, 15) is 0 Å². The molecule has 2 aromatic carbocycles. The summed E-state index contributed by atoms with van der Waals surface area (Å²) < 4.78 is 2.34. The van der Waals surface area contributed by atoms with Crippen molar-refractivity contribution in [3.8, 4) is 22.5 Å². The molecule has 2 aromatic rings. The maximum atomic E-state index is 8.09. The highest BCUT2D eigenvalue weighted by atomic mass is 15.0. The summed E-state index contributed by atoms with van der Waals surface area (Å²) in [6, 6.07) is 22.4. The van der Waals surface area contributed by atoms with E-state index in [-0.39, 0.29) is 0 Å². The van der Waals surface area contributed by atoms with Crippen LogP contribution >= 0.6 is 0 Å². The van der Waals surface area contributed by atoms with E-state index in [1.165, 1.54) is 22.2 Å². The number of aromatic nitrogens is 1. The molecule has 3 heteroatoms. The molecule has 0 saturated carbocycles. The van der Waals surface area contributed by atoms with Gasteiger partial charge in [-0.15, -0.1) is 0 Å². The molecule has 25 heavy (non-hydrogen) atoms. The highest BCUT2D eigenvalue weighted by Gasteiger charge is 2.18. The zero-order valence-electron chi connectivity index (χ0n) is 14.3. The van der Waals surface area contributed by atoms with Crippen molar-refractivity contribution in [2.75, 3.05) is 5.73 Å². The summed E-state index contributed by atoms with van der Waals surface area (Å²) >= 11 is 0. The summed E-state index contributed by atoms with van der Waals surface area (Å²) in [4.78, 5) is 0. The van der Waals surface area contributed by atoms with Gasteiger partial charge in [0.15, 0.2) is 0 Å². The van der Waals surface area contributed by atoms with Crippen LogP contribution in [-0.2, 0) is 6.54 Å². The maximum Gasteiger partial charge on any atom is 0.0565 e. The van der Waals surface area contributed by atoms with Crippen LogP contribution in [0.25, 0.3) is 33.3 Å². The Kier molecular flexibility index (Phi) is 3.77. The number of nitrogen functional groups attached to an aromatic ring is 1. The number of nitrogens with zero attached hydrogens (tertiary/aromatic N) is 1. The highest BCUT2D eigenvalue weighted by molar-refractivity contribution is 6.05. The van der Waals surface area contributed by atoms with Crippen molar-refractivity contribution < 1.29 is 0 Å². The molecule has 1 aliphatic heterocycles. The van der Waals surface area contributed by atoms with E-state index in [1.807, 2.05) is 24.3 Å². The van der Waals surface area contributed by atoms with Crippen LogP contribution in [0, 0.1) is 5.41 Å². The van der Waals surface area contributed by atoms with Crippen molar-refractivity contribution in [1.29, 1.82) is 5.41 Å². The SMILES string of the molecule is CCCn1c2cc(=N)ccc-2c2ccc(N)cc2c1-c1ccccc1. The van der Waals surface area contributed by atoms with E-state index in [4.69, 9.17) is 11.1 Å². The predicted octanol–water partition coefficient (Wildman–Crippen LogP) is 4.88. The van der Waals surface area contributed by atoms with Gasteiger partial charge in [0, 0.05) is 23.2 Å². The Morgan fingerprint density at radius 3 is 2.48 bits per heavy atom. The molecule has 0 aromatic heterocycles. The Hall–Kier alpha value is -3.07. The monoisotopic (exact) mass is 327 g/mol. The van der Waals surface area contributed by atoms with Crippen LogP contribution in [0.4, 0.5) is 5.69 Å². The molecule has 1 heterocycles. The van der Waals surface area contributed by atoms with E-state index in [2.05, 4.69) is 54.0 Å². The highest BCUT2D eigenvalue weighted by Crippen LogP contribution is 2.39. The Labute approximate surface area is 147 Å². The molecule has 2 aliphatic rings. The van der Waals surface area contributed by atoms with Crippen LogP contribution in [0.15, 0.2) is 66.7 Å². The standard InChI is InChI=1S/C22H21N3/c1-2-12-25-21-14-17(24)9-11-19(21)18-10-8-16(23)13-20(18)22(25)15-6-4-3-5-7-15/h3-11,13-14,24H,2,12,23H2,1H3. The lowest BCUT2D eigenvalue weighted by Gasteiger charge is -2.24. The molecule has 124 valence electrons. The van der Waals surface area contributed by atoms with Crippen LogP contribution in [0.1, 0.15) is 13.3 Å². The zero-order chi connectivity index (χ0) is 17.4. The van der Waals surface area contributed by atoms with Gasteiger partial charge < -0.3 is 15.7 Å². The molecule has 0 atom stereocenters. The fraction of sp³-hybridized carbons (Fsp3) is 0.136. The predicted molar refractivity (Wildman–Crippen MR) is 105 cm³/mol. The minimum atomic E-state index is 0.533. The smallest absolute Gasteiger partial charge is 0.0565 e. The minimum absolute atomic E-state index is 0.533. The van der Waals surface area contributed by atoms with E-state index >= 15 is 0 Å². The van der Waals surface area contributed by atoms with Crippen molar-refractivity contribution in [2.24, 2.45) is 0 Å². The molecule has 0 amide bonds. The number of anilines is 1. The quantitative estimate of drug-likeness (QED) is 0.409. The van der Waals surface area contributed by atoms with Gasteiger partial charge in [-0.3, -0.25) is 0 Å². The van der Waals surface area contributed by atoms with Crippen LogP contribution in [0.2, 0.25) is 0 Å². The summed E-state index contributed by atoms with van der Waals surface area (Å²) in [5, 5.41) is 11.0. The van der Waals surface area contributed by atoms with Crippen molar-refractivity contribution in [1.82, 2.24) is 4.57 Å². The van der Waals surface area contributed by atoms with Crippen LogP contribution in [-0.4, -0.2) is 4.57 Å². The van der Waals surface area contributed by atoms with Gasteiger partial charge in [0.2, 0.25) is 0 Å². The van der Waals surface area contributed by atoms with Gasteiger partial charge in [-0.05, 0) is 41.6 Å². The number of hydrogen-bond donors (Lipinski definition) is 2. The average Bonchev–Trinajstić information content (AvgIpc) is 2.62. The maximum absolute atomic E-state index is 8.09. The first kappa shape index (κ1) is 15.5. The number of fused-ring (bicyclic) bond motifs is 3. The van der Waals surface area contributed by atoms with Crippen LogP contribution in [0.5, 0.6) is 0 Å². The molecule has 0 bridgehead atoms. The number of hydrogen-bond acceptors (Lipinski definition) is 2. The number of pyridine rings is 1. The third-order valence-corrected chi connectivity index (χ3v) is 4.64. The van der Waals surface area contributed by atoms with Crippen molar-refractivity contribution in [2.45, 2.75) is 19.9 Å². The lowest BCUT2D eigenvalue weighted by Crippen LogP contribution is -2.12. The first-order chi connectivity index (χ1) is 12.2. The first-order valence-corrected chi connectivity index (χ1v) is 8.65. The summed E-state index contributed by atoms with van der Waals surface area (Å²) in [6.07, 6.45) is 1.02. The molecule has 3 N–H and O–H groups in total. The molecular formula is C22H21N3. The molecule has 1 aliphatic carbocycles. The zero-order valence-corrected chi connectivity index (χ0v) is 14.3. The van der Waals surface area contributed by atoms with Gasteiger partial charge in [0.05, 0.1) is 16.7 Å². The largest absolute Gasteiger partial charge is 0.399 e. The van der Waals surface area contributed by atoms with E-state index in [0.717, 1.165) is 29.7 Å². The third kappa shape index (κ3) is 2.58. The lowest BCUT2D eigenvalue weighted by molar-refractivity contribution is 0.690. The van der Waals surface area contributed by atoms with Gasteiger partial charge >= 0.3 is 0 Å². The number of benzene rings is 3. The van der Waals surface area contributed by atoms with Gasteiger partial charge in [-0.2, -0.15) is 0 Å². The van der Waals surface area contributed by atoms with Gasteiger partial charge in [0.1, 0.15) is 0 Å². The van der Waals surface area contributed by atoms with E-state index in [0.29, 0.717) is 5.36 Å². The Balaban J connectivity index is 2.25. The summed E-state index contributed by atoms with van der Waals surface area (Å²) in [5.74, 6) is 0. The Morgan fingerprint density at radius 2 is 1.72 bits per heavy atom. The normalized spacial score (nSPS) is 11.2. The van der Waals surface area contributed by atoms with E-state index in [1.54, 1.807) is 0 Å². The van der Waals surface area contributed by atoms with Crippen molar-refractivity contribution >= 4 is 16.5 Å². The summed E-state index contributed by atoms with van der Waals surface area (Å²) in [6.45, 7) is 3.08. The molecule has 4 rings (SSSR count). The summed E-state index contributed by atoms with van der Waals surface area (Å²) in [7, 11) is 0. The second-order valence-corrected chi connectivity index (χ2v) is 6.40. The molecule has 0 radical (unpaired) electrons. The average molecular weight is 327 g/mol. The fourth-order valence-electron chi connectivity index (χ4n) is 3.60. The number of nitrogens with one attached hydrogen (secondary N) is 1. The molecular weight excluding hydrogens is 306 g/mol. The lowest BCUT2D eigenvalue weighted by atomic mass is 9.95. The molecule has 0 saturated heterocycles. The topological polar surface area (TPSA) is 54.8 Å². The van der Waals surface area contributed by atoms with Gasteiger partial charge in [-0.1, -0.05) is 49.4 Å². The van der Waals surface area contributed by atoms with Crippen molar-refractivity contribution in [3.05, 3.63) is 72.1 Å². The van der Waals surface area contributed by atoms with Crippen molar-refractivity contribution in [3.63, 3.8) is 0 Å². The van der Waals surface area contributed by atoms with Crippen LogP contribution in [0.3, 0.4) is 0 Å². The molecule has 0 fully saturated rings. The van der Waals surface area contributed by atoms with Gasteiger partial charge in [0.25, 0.3) is 0 Å². The fourth-order valence-corrected chi connectivity index (χ4v) is 3.60. The molecule has 3 nitrogen and oxygen atoms in total. The number of rotatable bonds is 3. The first-order valence-electron chi connectivity index (χ1n) is 8.65. The minimum Gasteiger partial charge on any atom is -0.399 e. The Morgan fingerprint density at radius 1 is 0.920 bits per heavy atom. The summed E-state index contributed by atoms with van der Waals surface area (Å²) in [5.41, 5.74) is 11.5. The molecule has 0 unspecified atom stereocenters. The third-order valence-electron chi connectivity index (χ3n) is 4.64. The second-order valence-electron chi connectivity index (χ2n) is 6.40. The second kappa shape index (κ2) is 6.10. The number of nitrogens with two attached hydrogens (primary N) is 1. The Bertz CT molecular complexity index is 1080. The molecule has 0 spiro atoms. The van der Waals surface area contributed by atoms with Gasteiger partial charge in [-0.25, -0.2) is 0 Å². The van der Waals surface area contributed by atoms with Crippen LogP contribution < -0.4 is 11.1 Å². The van der Waals surface area contributed by atoms with E-state index < -0.39 is 0 Å².